The molecule has 3 nitrogen and oxygen atoms in total. The number of aliphatic hydroxyl groups is 1. The van der Waals surface area contributed by atoms with Crippen molar-refractivity contribution < 1.29 is 23.1 Å². The van der Waals surface area contributed by atoms with Crippen LogP contribution < -0.4 is 4.90 Å². The van der Waals surface area contributed by atoms with Crippen LogP contribution in [0.5, 0.6) is 0 Å². The summed E-state index contributed by atoms with van der Waals surface area (Å²) in [7, 11) is 1.59. The predicted molar refractivity (Wildman–Crippen MR) is 68.8 cm³/mol. The molecular weight excluding hydrogens is 271 g/mol. The third kappa shape index (κ3) is 3.12. The molecule has 0 saturated heterocycles. The van der Waals surface area contributed by atoms with E-state index in [1.807, 2.05) is 0 Å². The van der Waals surface area contributed by atoms with E-state index >= 15 is 0 Å². The predicted octanol–water partition coefficient (Wildman–Crippen LogP) is 2.73. The highest BCUT2D eigenvalue weighted by Gasteiger charge is 2.36. The van der Waals surface area contributed by atoms with Gasteiger partial charge >= 0.3 is 6.18 Å². The summed E-state index contributed by atoms with van der Waals surface area (Å²) < 4.78 is 39.1. The molecule has 110 valence electrons. The molecule has 0 atom stereocenters. The van der Waals surface area contributed by atoms with Gasteiger partial charge in [-0.2, -0.15) is 13.2 Å². The van der Waals surface area contributed by atoms with Crippen molar-refractivity contribution in [3.8, 4) is 0 Å². The van der Waals surface area contributed by atoms with Gasteiger partial charge in [0.05, 0.1) is 11.7 Å². The van der Waals surface area contributed by atoms with Crippen molar-refractivity contribution in [3.05, 3.63) is 29.3 Å². The minimum atomic E-state index is -4.50. The maximum atomic E-state index is 13.0. The molecule has 1 aromatic rings. The Balaban J connectivity index is 2.23. The summed E-state index contributed by atoms with van der Waals surface area (Å²) in [6, 6.07) is 3.57. The molecule has 1 aromatic carbocycles. The first-order valence-electron chi connectivity index (χ1n) is 6.37. The van der Waals surface area contributed by atoms with Gasteiger partial charge in [-0.15, -0.1) is 0 Å². The number of anilines is 1. The van der Waals surface area contributed by atoms with Gasteiger partial charge in [0.2, 0.25) is 0 Å². The fraction of sp³-hybridized carbons (Fsp3) is 0.500. The summed E-state index contributed by atoms with van der Waals surface area (Å²) in [6.45, 7) is 0.459. The highest BCUT2D eigenvalue weighted by atomic mass is 19.4. The molecule has 2 rings (SSSR count). The average Bonchev–Trinajstić information content (AvgIpc) is 2.35. The van der Waals surface area contributed by atoms with E-state index in [0.717, 1.165) is 6.07 Å². The summed E-state index contributed by atoms with van der Waals surface area (Å²) >= 11 is 0. The van der Waals surface area contributed by atoms with Crippen LogP contribution >= 0.6 is 0 Å². The number of halogens is 3. The number of hydrogen-bond donors (Lipinski definition) is 1. The maximum absolute atomic E-state index is 13.0. The average molecular weight is 287 g/mol. The SMILES string of the molecule is CN(CC1CC(O)C1)c1ccc(C=O)cc1C(F)(F)F. The van der Waals surface area contributed by atoms with E-state index in [-0.39, 0.29) is 23.3 Å². The number of carbonyl (C=O) groups excluding carboxylic acids is 1. The Kier molecular flexibility index (Phi) is 4.04. The van der Waals surface area contributed by atoms with E-state index in [1.54, 1.807) is 7.05 Å². The van der Waals surface area contributed by atoms with Crippen molar-refractivity contribution >= 4 is 12.0 Å². The van der Waals surface area contributed by atoms with Crippen LogP contribution in [0.2, 0.25) is 0 Å². The lowest BCUT2D eigenvalue weighted by atomic mass is 9.82. The van der Waals surface area contributed by atoms with Crippen LogP contribution in [0, 0.1) is 5.92 Å². The van der Waals surface area contributed by atoms with E-state index in [9.17, 15) is 23.1 Å². The Bertz CT molecular complexity index is 496. The number of nitrogens with zero attached hydrogens (tertiary/aromatic N) is 1. The van der Waals surface area contributed by atoms with E-state index < -0.39 is 11.7 Å². The van der Waals surface area contributed by atoms with Crippen molar-refractivity contribution in [2.24, 2.45) is 5.92 Å². The molecule has 0 unspecified atom stereocenters. The molecule has 0 aromatic heterocycles. The lowest BCUT2D eigenvalue weighted by molar-refractivity contribution is -0.137. The zero-order valence-electron chi connectivity index (χ0n) is 11.0. The minimum Gasteiger partial charge on any atom is -0.393 e. The molecule has 6 heteroatoms. The number of benzene rings is 1. The molecule has 0 amide bonds. The standard InChI is InChI=1S/C14H16F3NO2/c1-18(7-10-4-11(20)5-10)13-3-2-9(8-19)6-12(13)14(15,16)17/h2-3,6,8,10-11,20H,4-5,7H2,1H3. The number of hydrogen-bond acceptors (Lipinski definition) is 3. The fourth-order valence-corrected chi connectivity index (χ4v) is 2.52. The zero-order chi connectivity index (χ0) is 14.9. The Hall–Kier alpha value is -1.56. The topological polar surface area (TPSA) is 40.5 Å². The molecule has 0 heterocycles. The Labute approximate surface area is 115 Å². The molecule has 1 saturated carbocycles. The summed E-state index contributed by atoms with van der Waals surface area (Å²) in [5, 5.41) is 9.22. The number of rotatable bonds is 4. The zero-order valence-corrected chi connectivity index (χ0v) is 11.0. The molecule has 0 radical (unpaired) electrons. The van der Waals surface area contributed by atoms with Crippen molar-refractivity contribution in [3.63, 3.8) is 0 Å². The largest absolute Gasteiger partial charge is 0.418 e. The first kappa shape index (κ1) is 14.8. The van der Waals surface area contributed by atoms with Crippen LogP contribution in [0.1, 0.15) is 28.8 Å². The lowest BCUT2D eigenvalue weighted by Crippen LogP contribution is -2.37. The third-order valence-corrected chi connectivity index (χ3v) is 3.62. The Morgan fingerprint density at radius 2 is 2.05 bits per heavy atom. The Morgan fingerprint density at radius 3 is 2.55 bits per heavy atom. The van der Waals surface area contributed by atoms with Gasteiger partial charge in [-0.25, -0.2) is 0 Å². The van der Waals surface area contributed by atoms with Crippen LogP contribution in [0.25, 0.3) is 0 Å². The molecule has 1 fully saturated rings. The summed E-state index contributed by atoms with van der Waals surface area (Å²) in [5.74, 6) is 0.210. The van der Waals surface area contributed by atoms with E-state index in [4.69, 9.17) is 0 Å². The van der Waals surface area contributed by atoms with Crippen molar-refractivity contribution in [1.82, 2.24) is 0 Å². The first-order chi connectivity index (χ1) is 9.31. The molecule has 0 spiro atoms. The van der Waals surface area contributed by atoms with Crippen molar-refractivity contribution in [2.75, 3.05) is 18.5 Å². The van der Waals surface area contributed by atoms with Crippen molar-refractivity contribution in [1.29, 1.82) is 0 Å². The van der Waals surface area contributed by atoms with Crippen LogP contribution in [0.3, 0.4) is 0 Å². The van der Waals surface area contributed by atoms with Gasteiger partial charge in [-0.05, 0) is 37.0 Å². The summed E-state index contributed by atoms with van der Waals surface area (Å²) in [5.41, 5.74) is -0.734. The van der Waals surface area contributed by atoms with E-state index in [0.29, 0.717) is 25.7 Å². The third-order valence-electron chi connectivity index (χ3n) is 3.62. The molecule has 1 aliphatic rings. The van der Waals surface area contributed by atoms with Gasteiger partial charge < -0.3 is 10.0 Å². The highest BCUT2D eigenvalue weighted by Crippen LogP contribution is 2.38. The molecular formula is C14H16F3NO2. The molecule has 20 heavy (non-hydrogen) atoms. The normalized spacial score (nSPS) is 22.2. The van der Waals surface area contributed by atoms with Gasteiger partial charge in [0, 0.05) is 24.8 Å². The number of aldehydes is 1. The summed E-state index contributed by atoms with van der Waals surface area (Å²) in [6.07, 6.45) is -3.17. The second-order valence-corrected chi connectivity index (χ2v) is 5.26. The second kappa shape index (κ2) is 5.44. The summed E-state index contributed by atoms with van der Waals surface area (Å²) in [4.78, 5) is 12.2. The first-order valence-corrected chi connectivity index (χ1v) is 6.37. The quantitative estimate of drug-likeness (QED) is 0.866. The van der Waals surface area contributed by atoms with Crippen LogP contribution in [0.4, 0.5) is 18.9 Å². The van der Waals surface area contributed by atoms with Gasteiger partial charge in [0.25, 0.3) is 0 Å². The van der Waals surface area contributed by atoms with E-state index in [2.05, 4.69) is 0 Å². The Morgan fingerprint density at radius 1 is 1.40 bits per heavy atom. The molecule has 1 N–H and O–H groups in total. The highest BCUT2D eigenvalue weighted by molar-refractivity contribution is 5.77. The fourth-order valence-electron chi connectivity index (χ4n) is 2.52. The second-order valence-electron chi connectivity index (χ2n) is 5.26. The van der Waals surface area contributed by atoms with Gasteiger partial charge in [0.1, 0.15) is 6.29 Å². The van der Waals surface area contributed by atoms with Crippen LogP contribution in [0.15, 0.2) is 18.2 Å². The number of aliphatic hydroxyl groups excluding tert-OH is 1. The number of carbonyl (C=O) groups is 1. The maximum Gasteiger partial charge on any atom is 0.418 e. The molecule has 0 bridgehead atoms. The smallest absolute Gasteiger partial charge is 0.393 e. The van der Waals surface area contributed by atoms with Gasteiger partial charge in [-0.3, -0.25) is 4.79 Å². The van der Waals surface area contributed by atoms with Gasteiger partial charge in [0.15, 0.2) is 0 Å². The molecule has 1 aliphatic carbocycles. The van der Waals surface area contributed by atoms with Crippen LogP contribution in [-0.2, 0) is 6.18 Å². The minimum absolute atomic E-state index is 0.00791. The lowest BCUT2D eigenvalue weighted by Gasteiger charge is -2.36. The van der Waals surface area contributed by atoms with E-state index in [1.165, 1.54) is 17.0 Å². The van der Waals surface area contributed by atoms with Crippen LogP contribution in [-0.4, -0.2) is 31.1 Å². The number of alkyl halides is 3. The van der Waals surface area contributed by atoms with Gasteiger partial charge in [-0.1, -0.05) is 0 Å². The van der Waals surface area contributed by atoms with Crippen molar-refractivity contribution in [2.45, 2.75) is 25.1 Å². The monoisotopic (exact) mass is 287 g/mol. The molecule has 0 aliphatic heterocycles.